The molecule has 0 fully saturated rings. The lowest BCUT2D eigenvalue weighted by molar-refractivity contribution is 0.299. The van der Waals surface area contributed by atoms with Crippen LogP contribution >= 0.6 is 15.9 Å². The molecule has 0 heterocycles. The van der Waals surface area contributed by atoms with E-state index in [9.17, 15) is 8.42 Å². The van der Waals surface area contributed by atoms with E-state index in [1.54, 1.807) is 13.1 Å². The van der Waals surface area contributed by atoms with Gasteiger partial charge < -0.3 is 0 Å². The van der Waals surface area contributed by atoms with Gasteiger partial charge in [0.2, 0.25) is 10.0 Å². The molecule has 0 bridgehead atoms. The molecule has 1 aromatic carbocycles. The molecule has 0 atom stereocenters. The van der Waals surface area contributed by atoms with Gasteiger partial charge in [-0.3, -0.25) is 0 Å². The summed E-state index contributed by atoms with van der Waals surface area (Å²) in [5, 5.41) is 0.584. The van der Waals surface area contributed by atoms with Crippen LogP contribution in [0.3, 0.4) is 0 Å². The predicted molar refractivity (Wildman–Crippen MR) is 78.7 cm³/mol. The van der Waals surface area contributed by atoms with Gasteiger partial charge in [0.25, 0.3) is 0 Å². The highest BCUT2D eigenvalue weighted by atomic mass is 79.9. The second-order valence-electron chi connectivity index (χ2n) is 5.19. The first-order valence-electron chi connectivity index (χ1n) is 5.75. The van der Waals surface area contributed by atoms with E-state index in [1.165, 1.54) is 4.31 Å². The summed E-state index contributed by atoms with van der Waals surface area (Å²) in [6.07, 6.45) is 0. The molecule has 18 heavy (non-hydrogen) atoms. The number of benzene rings is 1. The van der Waals surface area contributed by atoms with Gasteiger partial charge in [-0.25, -0.2) is 8.42 Å². The van der Waals surface area contributed by atoms with Gasteiger partial charge in [0.05, 0.1) is 4.90 Å². The van der Waals surface area contributed by atoms with E-state index in [4.69, 9.17) is 0 Å². The molecule has 102 valence electrons. The van der Waals surface area contributed by atoms with Crippen molar-refractivity contribution in [2.24, 2.45) is 0 Å². The van der Waals surface area contributed by atoms with E-state index in [0.717, 1.165) is 11.1 Å². The summed E-state index contributed by atoms with van der Waals surface area (Å²) in [6, 6.07) is 5.49. The Bertz CT molecular complexity index is 538. The lowest BCUT2D eigenvalue weighted by Crippen LogP contribution is -2.46. The van der Waals surface area contributed by atoms with Gasteiger partial charge in [0.1, 0.15) is 0 Å². The van der Waals surface area contributed by atoms with Crippen LogP contribution in [0.1, 0.15) is 25.0 Å². The van der Waals surface area contributed by atoms with Crippen LogP contribution in [0.25, 0.3) is 0 Å². The third-order valence-corrected chi connectivity index (χ3v) is 6.74. The third-order valence-electron chi connectivity index (χ3n) is 3.16. The SMILES string of the molecule is Cc1ccc(C)c(S(=O)(=O)N(C)C(C)(C)CBr)c1. The maximum Gasteiger partial charge on any atom is 0.243 e. The van der Waals surface area contributed by atoms with Crippen LogP contribution in [0.15, 0.2) is 23.1 Å². The molecule has 5 heteroatoms. The molecule has 1 rings (SSSR count). The molecule has 0 aliphatic rings. The van der Waals surface area contributed by atoms with Crippen molar-refractivity contribution < 1.29 is 8.42 Å². The quantitative estimate of drug-likeness (QED) is 0.794. The van der Waals surface area contributed by atoms with Crippen molar-refractivity contribution in [2.45, 2.75) is 38.1 Å². The van der Waals surface area contributed by atoms with Crippen molar-refractivity contribution in [2.75, 3.05) is 12.4 Å². The normalized spacial score (nSPS) is 13.1. The minimum Gasteiger partial charge on any atom is -0.207 e. The van der Waals surface area contributed by atoms with E-state index in [-0.39, 0.29) is 0 Å². The Morgan fingerprint density at radius 1 is 1.28 bits per heavy atom. The fraction of sp³-hybridized carbons (Fsp3) is 0.538. The van der Waals surface area contributed by atoms with Crippen molar-refractivity contribution in [3.8, 4) is 0 Å². The van der Waals surface area contributed by atoms with Crippen molar-refractivity contribution in [3.63, 3.8) is 0 Å². The maximum absolute atomic E-state index is 12.6. The summed E-state index contributed by atoms with van der Waals surface area (Å²) in [4.78, 5) is 0.388. The van der Waals surface area contributed by atoms with Crippen molar-refractivity contribution in [1.29, 1.82) is 0 Å². The van der Waals surface area contributed by atoms with Crippen molar-refractivity contribution >= 4 is 26.0 Å². The zero-order chi connectivity index (χ0) is 14.1. The lowest BCUT2D eigenvalue weighted by atomic mass is 10.1. The van der Waals surface area contributed by atoms with Gasteiger partial charge in [-0.2, -0.15) is 4.31 Å². The van der Waals surface area contributed by atoms with E-state index < -0.39 is 15.6 Å². The molecule has 0 saturated carbocycles. The second kappa shape index (κ2) is 5.31. The minimum absolute atomic E-state index is 0.388. The van der Waals surface area contributed by atoms with Crippen molar-refractivity contribution in [1.82, 2.24) is 4.31 Å². The second-order valence-corrected chi connectivity index (χ2v) is 7.69. The summed E-state index contributed by atoms with van der Waals surface area (Å²) in [5.41, 5.74) is 1.26. The molecule has 0 N–H and O–H groups in total. The maximum atomic E-state index is 12.6. The first-order chi connectivity index (χ1) is 8.13. The van der Waals surface area contributed by atoms with E-state index in [0.29, 0.717) is 10.2 Å². The smallest absolute Gasteiger partial charge is 0.207 e. The highest BCUT2D eigenvalue weighted by Crippen LogP contribution is 2.26. The number of alkyl halides is 1. The molecule has 0 amide bonds. The van der Waals surface area contributed by atoms with Gasteiger partial charge in [-0.05, 0) is 44.9 Å². The van der Waals surface area contributed by atoms with Gasteiger partial charge in [0.15, 0.2) is 0 Å². The predicted octanol–water partition coefficient (Wildman–Crippen LogP) is 3.10. The minimum atomic E-state index is -3.46. The van der Waals surface area contributed by atoms with Crippen LogP contribution in [0, 0.1) is 13.8 Å². The summed E-state index contributed by atoms with van der Waals surface area (Å²) >= 11 is 3.36. The Balaban J connectivity index is 3.34. The van der Waals surface area contributed by atoms with Gasteiger partial charge in [-0.15, -0.1) is 0 Å². The van der Waals surface area contributed by atoms with E-state index in [2.05, 4.69) is 15.9 Å². The highest BCUT2D eigenvalue weighted by molar-refractivity contribution is 9.09. The number of sulfonamides is 1. The topological polar surface area (TPSA) is 37.4 Å². The van der Waals surface area contributed by atoms with Crippen LogP contribution in [0.2, 0.25) is 0 Å². The van der Waals surface area contributed by atoms with E-state index >= 15 is 0 Å². The molecule has 0 unspecified atom stereocenters. The number of hydrogen-bond acceptors (Lipinski definition) is 2. The monoisotopic (exact) mass is 333 g/mol. The molecule has 3 nitrogen and oxygen atoms in total. The van der Waals surface area contributed by atoms with Crippen LogP contribution in [-0.2, 0) is 10.0 Å². The molecule has 0 radical (unpaired) electrons. The molecule has 1 aromatic rings. The molecule has 0 aliphatic heterocycles. The summed E-state index contributed by atoms with van der Waals surface area (Å²) < 4.78 is 26.7. The van der Waals surface area contributed by atoms with E-state index in [1.807, 2.05) is 39.8 Å². The Morgan fingerprint density at radius 3 is 2.33 bits per heavy atom. The number of rotatable bonds is 4. The number of hydrogen-bond donors (Lipinski definition) is 0. The molecule has 0 aromatic heterocycles. The standard InChI is InChI=1S/C13H20BrNO2S/c1-10-6-7-11(2)12(8-10)18(16,17)15(5)13(3,4)9-14/h6-8H,9H2,1-5H3. The third kappa shape index (κ3) is 2.95. The summed E-state index contributed by atoms with van der Waals surface area (Å²) in [6.45, 7) is 7.50. The first kappa shape index (κ1) is 15.7. The largest absolute Gasteiger partial charge is 0.243 e. The lowest BCUT2D eigenvalue weighted by Gasteiger charge is -2.33. The Labute approximate surface area is 118 Å². The van der Waals surface area contributed by atoms with Crippen LogP contribution < -0.4 is 0 Å². The molecular weight excluding hydrogens is 314 g/mol. The molecule has 0 aliphatic carbocycles. The Kier molecular flexibility index (Phi) is 4.62. The molecule has 0 saturated heterocycles. The van der Waals surface area contributed by atoms with Crippen LogP contribution in [0.4, 0.5) is 0 Å². The number of aryl methyl sites for hydroxylation is 2. The molecular formula is C13H20BrNO2S. The fourth-order valence-electron chi connectivity index (χ4n) is 1.54. The van der Waals surface area contributed by atoms with Gasteiger partial charge in [0, 0.05) is 17.9 Å². The molecule has 0 spiro atoms. The highest BCUT2D eigenvalue weighted by Gasteiger charge is 2.33. The first-order valence-corrected chi connectivity index (χ1v) is 8.31. The fourth-order valence-corrected chi connectivity index (χ4v) is 3.90. The van der Waals surface area contributed by atoms with Gasteiger partial charge in [-0.1, -0.05) is 28.1 Å². The zero-order valence-corrected chi connectivity index (χ0v) is 13.9. The summed E-state index contributed by atoms with van der Waals surface area (Å²) in [5.74, 6) is 0. The van der Waals surface area contributed by atoms with Crippen molar-refractivity contribution in [3.05, 3.63) is 29.3 Å². The number of nitrogens with zero attached hydrogens (tertiary/aromatic N) is 1. The van der Waals surface area contributed by atoms with Crippen LogP contribution in [0.5, 0.6) is 0 Å². The zero-order valence-electron chi connectivity index (χ0n) is 11.5. The van der Waals surface area contributed by atoms with Crippen LogP contribution in [-0.4, -0.2) is 30.6 Å². The summed E-state index contributed by atoms with van der Waals surface area (Å²) in [7, 11) is -1.84. The average molecular weight is 334 g/mol. The van der Waals surface area contributed by atoms with Gasteiger partial charge >= 0.3 is 0 Å². The Morgan fingerprint density at radius 2 is 1.83 bits per heavy atom. The average Bonchev–Trinajstić information content (AvgIpc) is 2.31. The number of halogens is 1. The Hall–Kier alpha value is -0.390.